The Kier molecular flexibility index (Phi) is 5.29. The van der Waals surface area contributed by atoms with Crippen molar-refractivity contribution in [2.75, 3.05) is 17.3 Å². The quantitative estimate of drug-likeness (QED) is 0.770. The Morgan fingerprint density at radius 3 is 2.57 bits per heavy atom. The van der Waals surface area contributed by atoms with Gasteiger partial charge in [-0.1, -0.05) is 23.7 Å². The summed E-state index contributed by atoms with van der Waals surface area (Å²) in [5.41, 5.74) is 2.20. The Balaban J connectivity index is 1.92. The largest absolute Gasteiger partial charge is 0.545 e. The highest BCUT2D eigenvalue weighted by atomic mass is 35.5. The van der Waals surface area contributed by atoms with Gasteiger partial charge in [-0.2, -0.15) is 0 Å². The number of nitrogens with one attached hydrogen (secondary N) is 1. The number of ether oxygens (including phenoxy) is 1. The second kappa shape index (κ2) is 7.52. The highest BCUT2D eigenvalue weighted by molar-refractivity contribution is 6.32. The van der Waals surface area contributed by atoms with Crippen molar-refractivity contribution in [3.05, 3.63) is 52.0 Å². The zero-order chi connectivity index (χ0) is 20.6. The number of amides is 2. The van der Waals surface area contributed by atoms with Gasteiger partial charge < -0.3 is 20.0 Å². The summed E-state index contributed by atoms with van der Waals surface area (Å²) in [5, 5.41) is 14.5. The predicted molar refractivity (Wildman–Crippen MR) is 103 cm³/mol. The standard InChI is InChI=1S/C20H19ClN2O5/c1-10-4-5-12(20(26)27)7-14(10)22-15-9-18(24)23(19(15)25)16-6-11(2)13(21)8-17(16)28-3/h4-8,15,22H,9H2,1-3H3,(H,26,27)/p-1/t15-/m1/s1. The SMILES string of the molecule is COc1cc(Cl)c(C)cc1N1C(=O)C[C@@H](Nc2cc(C(=O)[O-])ccc2C)C1=O. The van der Waals surface area contributed by atoms with Gasteiger partial charge in [0, 0.05) is 16.8 Å². The molecule has 0 radical (unpaired) electrons. The van der Waals surface area contributed by atoms with Crippen LogP contribution in [0.2, 0.25) is 5.02 Å². The van der Waals surface area contributed by atoms with Crippen LogP contribution in [0, 0.1) is 13.8 Å². The average molecular weight is 402 g/mol. The van der Waals surface area contributed by atoms with Gasteiger partial charge in [-0.3, -0.25) is 9.59 Å². The Labute approximate surface area is 166 Å². The maximum atomic E-state index is 12.9. The third-order valence-electron chi connectivity index (χ3n) is 4.65. The van der Waals surface area contributed by atoms with Crippen molar-refractivity contribution >= 4 is 40.8 Å². The van der Waals surface area contributed by atoms with Crippen LogP contribution in [0.1, 0.15) is 27.9 Å². The minimum Gasteiger partial charge on any atom is -0.545 e. The normalized spacial score (nSPS) is 16.4. The number of hydrogen-bond acceptors (Lipinski definition) is 6. The maximum absolute atomic E-state index is 12.9. The first kappa shape index (κ1) is 19.7. The molecule has 1 aliphatic heterocycles. The Morgan fingerprint density at radius 1 is 1.21 bits per heavy atom. The van der Waals surface area contributed by atoms with E-state index in [1.807, 2.05) is 0 Å². The fourth-order valence-electron chi connectivity index (χ4n) is 3.08. The van der Waals surface area contributed by atoms with Gasteiger partial charge in [0.25, 0.3) is 5.91 Å². The van der Waals surface area contributed by atoms with Crippen LogP contribution in [0.3, 0.4) is 0 Å². The van der Waals surface area contributed by atoms with Crippen LogP contribution in [0.25, 0.3) is 0 Å². The molecule has 28 heavy (non-hydrogen) atoms. The molecule has 1 atom stereocenters. The summed E-state index contributed by atoms with van der Waals surface area (Å²) in [6.07, 6.45) is -0.0708. The number of hydrogen-bond donors (Lipinski definition) is 1. The molecule has 2 amide bonds. The monoisotopic (exact) mass is 401 g/mol. The zero-order valence-corrected chi connectivity index (χ0v) is 16.3. The number of methoxy groups -OCH3 is 1. The minimum atomic E-state index is -1.32. The molecular weight excluding hydrogens is 384 g/mol. The smallest absolute Gasteiger partial charge is 0.256 e. The number of aromatic carboxylic acids is 1. The van der Waals surface area contributed by atoms with E-state index >= 15 is 0 Å². The number of imide groups is 1. The number of aryl methyl sites for hydroxylation is 2. The molecule has 1 fully saturated rings. The van der Waals surface area contributed by atoms with E-state index in [4.69, 9.17) is 16.3 Å². The highest BCUT2D eigenvalue weighted by Gasteiger charge is 2.41. The number of carboxylic acids is 1. The van der Waals surface area contributed by atoms with E-state index in [1.165, 1.54) is 19.2 Å². The molecule has 0 aliphatic carbocycles. The summed E-state index contributed by atoms with van der Waals surface area (Å²) in [6.45, 7) is 3.53. The topological polar surface area (TPSA) is 98.8 Å². The summed E-state index contributed by atoms with van der Waals surface area (Å²) in [7, 11) is 1.43. The number of anilines is 2. The first-order valence-corrected chi connectivity index (χ1v) is 8.90. The molecule has 0 aromatic heterocycles. The molecule has 1 N–H and O–H groups in total. The molecule has 0 spiro atoms. The van der Waals surface area contributed by atoms with Crippen LogP contribution < -0.4 is 20.1 Å². The van der Waals surface area contributed by atoms with E-state index in [9.17, 15) is 19.5 Å². The third-order valence-corrected chi connectivity index (χ3v) is 5.06. The lowest BCUT2D eigenvalue weighted by atomic mass is 10.1. The van der Waals surface area contributed by atoms with Gasteiger partial charge in [0.05, 0.1) is 25.2 Å². The fourth-order valence-corrected chi connectivity index (χ4v) is 3.23. The maximum Gasteiger partial charge on any atom is 0.256 e. The van der Waals surface area contributed by atoms with E-state index in [0.29, 0.717) is 27.7 Å². The van der Waals surface area contributed by atoms with Crippen molar-refractivity contribution in [3.63, 3.8) is 0 Å². The van der Waals surface area contributed by atoms with Crippen molar-refractivity contribution < 1.29 is 24.2 Å². The molecule has 3 rings (SSSR count). The van der Waals surface area contributed by atoms with Gasteiger partial charge >= 0.3 is 0 Å². The second-order valence-corrected chi connectivity index (χ2v) is 6.97. The predicted octanol–water partition coefficient (Wildman–Crippen LogP) is 2.07. The molecule has 146 valence electrons. The molecule has 1 heterocycles. The van der Waals surface area contributed by atoms with E-state index in [-0.39, 0.29) is 12.0 Å². The molecular formula is C20H18ClN2O5-. The summed E-state index contributed by atoms with van der Waals surface area (Å²) >= 11 is 6.10. The molecule has 0 bridgehead atoms. The van der Waals surface area contributed by atoms with E-state index in [0.717, 1.165) is 10.5 Å². The van der Waals surface area contributed by atoms with Crippen LogP contribution in [0.4, 0.5) is 11.4 Å². The Hall–Kier alpha value is -3.06. The third kappa shape index (κ3) is 3.53. The van der Waals surface area contributed by atoms with E-state index < -0.39 is 23.8 Å². The van der Waals surface area contributed by atoms with Gasteiger partial charge in [-0.25, -0.2) is 4.90 Å². The minimum absolute atomic E-state index is 0.0169. The molecule has 7 nitrogen and oxygen atoms in total. The van der Waals surface area contributed by atoms with Crippen molar-refractivity contribution in [2.24, 2.45) is 0 Å². The Morgan fingerprint density at radius 2 is 1.93 bits per heavy atom. The van der Waals surface area contributed by atoms with Crippen molar-refractivity contribution in [1.82, 2.24) is 0 Å². The lowest BCUT2D eigenvalue weighted by Gasteiger charge is -2.20. The van der Waals surface area contributed by atoms with Crippen LogP contribution >= 0.6 is 11.6 Å². The van der Waals surface area contributed by atoms with Crippen LogP contribution in [0.15, 0.2) is 30.3 Å². The molecule has 0 unspecified atom stereocenters. The lowest BCUT2D eigenvalue weighted by Crippen LogP contribution is -2.35. The van der Waals surface area contributed by atoms with E-state index in [1.54, 1.807) is 32.0 Å². The molecule has 8 heteroatoms. The average Bonchev–Trinajstić information content (AvgIpc) is 2.92. The molecule has 2 aromatic rings. The number of carbonyl (C=O) groups is 3. The van der Waals surface area contributed by atoms with Gasteiger partial charge in [0.2, 0.25) is 5.91 Å². The number of nitrogens with zero attached hydrogens (tertiary/aromatic N) is 1. The molecule has 1 saturated heterocycles. The first-order chi connectivity index (χ1) is 13.2. The highest BCUT2D eigenvalue weighted by Crippen LogP contribution is 2.37. The van der Waals surface area contributed by atoms with Crippen LogP contribution in [-0.2, 0) is 9.59 Å². The number of carbonyl (C=O) groups excluding carboxylic acids is 3. The zero-order valence-electron chi connectivity index (χ0n) is 15.5. The van der Waals surface area contributed by atoms with Gasteiger partial charge in [-0.15, -0.1) is 0 Å². The summed E-state index contributed by atoms with van der Waals surface area (Å²) < 4.78 is 5.28. The van der Waals surface area contributed by atoms with Crippen molar-refractivity contribution in [1.29, 1.82) is 0 Å². The molecule has 2 aromatic carbocycles. The Bertz CT molecular complexity index is 989. The van der Waals surface area contributed by atoms with Crippen LogP contribution in [-0.4, -0.2) is 30.9 Å². The molecule has 1 aliphatic rings. The van der Waals surface area contributed by atoms with Gasteiger partial charge in [0.1, 0.15) is 11.8 Å². The van der Waals surface area contributed by atoms with E-state index in [2.05, 4.69) is 5.32 Å². The number of benzene rings is 2. The lowest BCUT2D eigenvalue weighted by molar-refractivity contribution is -0.255. The van der Waals surface area contributed by atoms with Crippen molar-refractivity contribution in [3.8, 4) is 5.75 Å². The summed E-state index contributed by atoms with van der Waals surface area (Å²) in [4.78, 5) is 37.7. The number of rotatable bonds is 5. The first-order valence-electron chi connectivity index (χ1n) is 8.52. The summed E-state index contributed by atoms with van der Waals surface area (Å²) in [6, 6.07) is 6.77. The van der Waals surface area contributed by atoms with Gasteiger partial charge in [0.15, 0.2) is 0 Å². The number of carboxylic acid groups (broad SMARTS) is 1. The fraction of sp³-hybridized carbons (Fsp3) is 0.250. The van der Waals surface area contributed by atoms with Crippen molar-refractivity contribution in [2.45, 2.75) is 26.3 Å². The van der Waals surface area contributed by atoms with Gasteiger partial charge in [-0.05, 0) is 42.7 Å². The summed E-state index contributed by atoms with van der Waals surface area (Å²) in [5.74, 6) is -1.85. The van der Waals surface area contributed by atoms with Crippen LogP contribution in [0.5, 0.6) is 5.75 Å². The number of halogens is 1. The molecule has 0 saturated carbocycles. The second-order valence-electron chi connectivity index (χ2n) is 6.56.